The average molecular weight is 260 g/mol. The maximum absolute atomic E-state index is 12.3. The summed E-state index contributed by atoms with van der Waals surface area (Å²) in [6, 6.07) is 1.89. The highest BCUT2D eigenvalue weighted by Crippen LogP contribution is 2.24. The average Bonchev–Trinajstić information content (AvgIpc) is 2.38. The van der Waals surface area contributed by atoms with Crippen molar-refractivity contribution in [2.24, 2.45) is 5.92 Å². The highest BCUT2D eigenvalue weighted by atomic mass is 16.2. The maximum Gasteiger partial charge on any atom is 0.229 e. The largest absolute Gasteiger partial charge is 0.342 e. The normalized spacial score (nSPS) is 20.3. The lowest BCUT2D eigenvalue weighted by molar-refractivity contribution is -0.137. The van der Waals surface area contributed by atoms with Gasteiger partial charge in [-0.05, 0) is 32.3 Å². The first-order valence-corrected chi connectivity index (χ1v) is 7.07. The maximum atomic E-state index is 12.3. The van der Waals surface area contributed by atoms with E-state index in [0.717, 1.165) is 50.7 Å². The van der Waals surface area contributed by atoms with Crippen LogP contribution in [0.2, 0.25) is 0 Å². The van der Waals surface area contributed by atoms with Gasteiger partial charge in [-0.15, -0.1) is 0 Å². The second-order valence-electron chi connectivity index (χ2n) is 5.49. The number of hydrogen-bond donors (Lipinski definition) is 0. The summed E-state index contributed by atoms with van der Waals surface area (Å²) in [4.78, 5) is 25.0. The molecule has 0 atom stereocenters. The van der Waals surface area contributed by atoms with Crippen molar-refractivity contribution in [3.63, 3.8) is 0 Å². The van der Waals surface area contributed by atoms with Crippen LogP contribution >= 0.6 is 0 Å². The van der Waals surface area contributed by atoms with E-state index in [2.05, 4.69) is 14.9 Å². The van der Waals surface area contributed by atoms with Crippen LogP contribution in [0.4, 0.5) is 5.95 Å². The molecule has 0 spiro atoms. The summed E-state index contributed by atoms with van der Waals surface area (Å²) in [6.45, 7) is 5.37. The van der Waals surface area contributed by atoms with Crippen LogP contribution in [-0.2, 0) is 4.79 Å². The van der Waals surface area contributed by atoms with Gasteiger partial charge in [-0.2, -0.15) is 0 Å². The van der Waals surface area contributed by atoms with Crippen LogP contribution in [0.1, 0.15) is 25.0 Å². The smallest absolute Gasteiger partial charge is 0.229 e. The Morgan fingerprint density at radius 3 is 2.68 bits per heavy atom. The third-order valence-corrected chi connectivity index (χ3v) is 3.96. The number of carbonyl (C=O) groups excluding carboxylic acids is 1. The number of piperidine rings is 1. The number of likely N-dealkylation sites (tertiary alicyclic amines) is 1. The molecule has 0 N–H and O–H groups in total. The minimum Gasteiger partial charge on any atom is -0.342 e. The van der Waals surface area contributed by atoms with Crippen LogP contribution in [0, 0.1) is 12.8 Å². The lowest BCUT2D eigenvalue weighted by Gasteiger charge is -2.41. The molecule has 0 saturated carbocycles. The molecular formula is C14H20N4O. The molecule has 2 saturated heterocycles. The molecular weight excluding hydrogens is 240 g/mol. The predicted octanol–water partition coefficient (Wildman–Crippen LogP) is 1.23. The van der Waals surface area contributed by atoms with E-state index in [-0.39, 0.29) is 5.92 Å². The van der Waals surface area contributed by atoms with Gasteiger partial charge in [0.1, 0.15) is 0 Å². The van der Waals surface area contributed by atoms with Crippen molar-refractivity contribution < 1.29 is 4.79 Å². The fourth-order valence-electron chi connectivity index (χ4n) is 2.76. The molecule has 2 aliphatic heterocycles. The van der Waals surface area contributed by atoms with Gasteiger partial charge in [0.15, 0.2) is 0 Å². The lowest BCUT2D eigenvalue weighted by Crippen LogP contribution is -2.55. The standard InChI is InChI=1S/C14H20N4O/c1-11-5-6-15-14(16-11)18-9-12(10-18)13(19)17-7-3-2-4-8-17/h5-6,12H,2-4,7-10H2,1H3. The molecule has 0 bridgehead atoms. The number of hydrogen-bond acceptors (Lipinski definition) is 4. The summed E-state index contributed by atoms with van der Waals surface area (Å²) >= 11 is 0. The van der Waals surface area contributed by atoms with Crippen molar-refractivity contribution in [1.29, 1.82) is 0 Å². The van der Waals surface area contributed by atoms with Crippen molar-refractivity contribution in [2.45, 2.75) is 26.2 Å². The van der Waals surface area contributed by atoms with Gasteiger partial charge < -0.3 is 9.80 Å². The van der Waals surface area contributed by atoms with Gasteiger partial charge in [0.25, 0.3) is 0 Å². The molecule has 0 aliphatic carbocycles. The SMILES string of the molecule is Cc1ccnc(N2CC(C(=O)N3CCCCC3)C2)n1. The number of rotatable bonds is 2. The molecule has 1 aromatic rings. The Bertz CT molecular complexity index is 464. The molecule has 1 aromatic heterocycles. The summed E-state index contributed by atoms with van der Waals surface area (Å²) in [6.07, 6.45) is 5.35. The van der Waals surface area contributed by atoms with Crippen LogP contribution < -0.4 is 4.90 Å². The number of nitrogens with zero attached hydrogens (tertiary/aromatic N) is 4. The monoisotopic (exact) mass is 260 g/mol. The van der Waals surface area contributed by atoms with Crippen molar-refractivity contribution in [2.75, 3.05) is 31.1 Å². The minimum absolute atomic E-state index is 0.141. The van der Waals surface area contributed by atoms with Crippen molar-refractivity contribution in [3.05, 3.63) is 18.0 Å². The van der Waals surface area contributed by atoms with Gasteiger partial charge in [-0.25, -0.2) is 9.97 Å². The summed E-state index contributed by atoms with van der Waals surface area (Å²) < 4.78 is 0. The lowest BCUT2D eigenvalue weighted by atomic mass is 9.97. The van der Waals surface area contributed by atoms with Crippen LogP contribution in [0.25, 0.3) is 0 Å². The van der Waals surface area contributed by atoms with Crippen LogP contribution in [-0.4, -0.2) is 47.0 Å². The molecule has 0 unspecified atom stereocenters. The Morgan fingerprint density at radius 2 is 2.00 bits per heavy atom. The fourth-order valence-corrected chi connectivity index (χ4v) is 2.76. The zero-order chi connectivity index (χ0) is 13.2. The van der Waals surface area contributed by atoms with Crippen molar-refractivity contribution in [3.8, 4) is 0 Å². The Hall–Kier alpha value is -1.65. The van der Waals surface area contributed by atoms with E-state index in [1.54, 1.807) is 6.20 Å². The minimum atomic E-state index is 0.141. The first kappa shape index (κ1) is 12.4. The summed E-state index contributed by atoms with van der Waals surface area (Å²) in [7, 11) is 0. The summed E-state index contributed by atoms with van der Waals surface area (Å²) in [5.74, 6) is 1.22. The van der Waals surface area contributed by atoms with Gasteiger partial charge in [-0.1, -0.05) is 0 Å². The molecule has 5 nitrogen and oxygen atoms in total. The van der Waals surface area contributed by atoms with E-state index >= 15 is 0 Å². The predicted molar refractivity (Wildman–Crippen MR) is 72.9 cm³/mol. The van der Waals surface area contributed by atoms with Crippen molar-refractivity contribution >= 4 is 11.9 Å². The van der Waals surface area contributed by atoms with Crippen LogP contribution in [0.15, 0.2) is 12.3 Å². The van der Waals surface area contributed by atoms with E-state index in [9.17, 15) is 4.79 Å². The molecule has 3 heterocycles. The first-order chi connectivity index (χ1) is 9.24. The second kappa shape index (κ2) is 5.15. The summed E-state index contributed by atoms with van der Waals surface area (Å²) in [5.41, 5.74) is 0.968. The third kappa shape index (κ3) is 2.55. The topological polar surface area (TPSA) is 49.3 Å². The van der Waals surface area contributed by atoms with Gasteiger partial charge in [0, 0.05) is 38.1 Å². The molecule has 102 valence electrons. The number of aromatic nitrogens is 2. The van der Waals surface area contributed by atoms with Gasteiger partial charge in [0.05, 0.1) is 5.92 Å². The van der Waals surface area contributed by atoms with E-state index in [4.69, 9.17) is 0 Å². The molecule has 2 aliphatic rings. The molecule has 0 radical (unpaired) electrons. The molecule has 5 heteroatoms. The van der Waals surface area contributed by atoms with Gasteiger partial charge >= 0.3 is 0 Å². The summed E-state index contributed by atoms with van der Waals surface area (Å²) in [5, 5.41) is 0. The van der Waals surface area contributed by atoms with E-state index in [1.807, 2.05) is 17.9 Å². The van der Waals surface area contributed by atoms with E-state index < -0.39 is 0 Å². The van der Waals surface area contributed by atoms with Crippen LogP contribution in [0.3, 0.4) is 0 Å². The zero-order valence-electron chi connectivity index (χ0n) is 11.4. The number of aryl methyl sites for hydroxylation is 1. The van der Waals surface area contributed by atoms with Gasteiger partial charge in [0.2, 0.25) is 11.9 Å². The quantitative estimate of drug-likeness (QED) is 0.802. The molecule has 3 rings (SSSR count). The third-order valence-electron chi connectivity index (χ3n) is 3.96. The number of amides is 1. The van der Waals surface area contributed by atoms with E-state index in [1.165, 1.54) is 6.42 Å². The Labute approximate surface area is 113 Å². The Kier molecular flexibility index (Phi) is 3.36. The number of carbonyl (C=O) groups is 1. The van der Waals surface area contributed by atoms with Crippen LogP contribution in [0.5, 0.6) is 0 Å². The number of anilines is 1. The zero-order valence-corrected chi connectivity index (χ0v) is 11.4. The molecule has 0 aromatic carbocycles. The second-order valence-corrected chi connectivity index (χ2v) is 5.49. The highest BCUT2D eigenvalue weighted by molar-refractivity contribution is 5.81. The highest BCUT2D eigenvalue weighted by Gasteiger charge is 2.36. The Morgan fingerprint density at radius 1 is 1.26 bits per heavy atom. The van der Waals surface area contributed by atoms with E-state index in [0.29, 0.717) is 5.91 Å². The molecule has 19 heavy (non-hydrogen) atoms. The molecule has 2 fully saturated rings. The Balaban J connectivity index is 1.56. The fraction of sp³-hybridized carbons (Fsp3) is 0.643. The van der Waals surface area contributed by atoms with Gasteiger partial charge in [-0.3, -0.25) is 4.79 Å². The molecule has 1 amide bonds. The first-order valence-electron chi connectivity index (χ1n) is 7.07. The van der Waals surface area contributed by atoms with Crippen molar-refractivity contribution in [1.82, 2.24) is 14.9 Å².